The largest absolute Gasteiger partial charge is 0.492 e. The van der Waals surface area contributed by atoms with Crippen molar-refractivity contribution < 1.29 is 4.74 Å². The first-order valence-electron chi connectivity index (χ1n) is 6.64. The van der Waals surface area contributed by atoms with Gasteiger partial charge in [0, 0.05) is 17.3 Å². The molecule has 1 aromatic heterocycles. The van der Waals surface area contributed by atoms with Crippen molar-refractivity contribution in [3.8, 4) is 17.6 Å². The molecule has 0 saturated carbocycles. The average Bonchev–Trinajstić information content (AvgIpc) is 2.48. The maximum Gasteiger partial charge on any atom is 0.253 e. The third-order valence-corrected chi connectivity index (χ3v) is 2.81. The first-order chi connectivity index (χ1) is 10.2. The number of benzene rings is 1. The highest BCUT2D eigenvalue weighted by atomic mass is 16.5. The normalized spacial score (nSPS) is 9.81. The molecular weight excluding hydrogens is 266 g/mol. The second kappa shape index (κ2) is 7.27. The fourth-order valence-electron chi connectivity index (χ4n) is 1.73. The smallest absolute Gasteiger partial charge is 0.253 e. The van der Waals surface area contributed by atoms with Gasteiger partial charge < -0.3 is 10.5 Å². The molecule has 0 atom stereocenters. The van der Waals surface area contributed by atoms with E-state index in [1.54, 1.807) is 6.92 Å². The number of hydrogen-bond donors (Lipinski definition) is 1. The van der Waals surface area contributed by atoms with Crippen LogP contribution in [0.25, 0.3) is 0 Å². The molecule has 0 saturated heterocycles. The minimum Gasteiger partial charge on any atom is -0.492 e. The van der Waals surface area contributed by atoms with E-state index >= 15 is 0 Å². The Bertz CT molecular complexity index is 709. The van der Waals surface area contributed by atoms with Gasteiger partial charge in [0.25, 0.3) is 5.56 Å². The van der Waals surface area contributed by atoms with Crippen molar-refractivity contribution in [1.82, 2.24) is 9.55 Å². The summed E-state index contributed by atoms with van der Waals surface area (Å²) in [6.07, 6.45) is 1.53. The van der Waals surface area contributed by atoms with Gasteiger partial charge in [-0.05, 0) is 31.2 Å². The molecule has 0 fully saturated rings. The van der Waals surface area contributed by atoms with E-state index in [4.69, 9.17) is 10.5 Å². The minimum absolute atomic E-state index is 0.0708. The van der Waals surface area contributed by atoms with Gasteiger partial charge in [0.2, 0.25) is 0 Å². The molecule has 0 aliphatic heterocycles. The number of ether oxygens (including phenoxy) is 1. The van der Waals surface area contributed by atoms with Crippen LogP contribution in [0.3, 0.4) is 0 Å². The molecule has 2 rings (SSSR count). The summed E-state index contributed by atoms with van der Waals surface area (Å²) >= 11 is 0. The molecule has 1 heterocycles. The van der Waals surface area contributed by atoms with Crippen LogP contribution >= 0.6 is 0 Å². The molecule has 0 aliphatic rings. The van der Waals surface area contributed by atoms with E-state index in [0.717, 1.165) is 11.3 Å². The molecule has 0 spiro atoms. The SMILES string of the molecule is Cc1cc(=O)n(CCOc2ccc(C#CCN)cc2)cn1. The van der Waals surface area contributed by atoms with Crippen molar-refractivity contribution in [2.24, 2.45) is 5.73 Å². The van der Waals surface area contributed by atoms with E-state index in [1.165, 1.54) is 17.0 Å². The fraction of sp³-hybridized carbons (Fsp3) is 0.250. The van der Waals surface area contributed by atoms with Crippen LogP contribution in [-0.4, -0.2) is 22.7 Å². The average molecular weight is 283 g/mol. The summed E-state index contributed by atoms with van der Waals surface area (Å²) in [5, 5.41) is 0. The van der Waals surface area contributed by atoms with E-state index in [0.29, 0.717) is 25.4 Å². The van der Waals surface area contributed by atoms with Gasteiger partial charge in [0.1, 0.15) is 12.4 Å². The highest BCUT2D eigenvalue weighted by Gasteiger charge is 1.98. The van der Waals surface area contributed by atoms with E-state index in [-0.39, 0.29) is 5.56 Å². The lowest BCUT2D eigenvalue weighted by atomic mass is 10.2. The molecule has 1 aromatic carbocycles. The second-order valence-corrected chi connectivity index (χ2v) is 4.44. The Morgan fingerprint density at radius 1 is 1.33 bits per heavy atom. The molecule has 5 nitrogen and oxygen atoms in total. The van der Waals surface area contributed by atoms with E-state index in [9.17, 15) is 4.79 Å². The molecule has 0 aliphatic carbocycles. The summed E-state index contributed by atoms with van der Waals surface area (Å²) in [6.45, 7) is 2.99. The van der Waals surface area contributed by atoms with Crippen LogP contribution in [0, 0.1) is 18.8 Å². The predicted octanol–water partition coefficient (Wildman–Crippen LogP) is 0.941. The topological polar surface area (TPSA) is 70.1 Å². The lowest BCUT2D eigenvalue weighted by molar-refractivity contribution is 0.295. The second-order valence-electron chi connectivity index (χ2n) is 4.44. The molecule has 0 amide bonds. The summed E-state index contributed by atoms with van der Waals surface area (Å²) in [7, 11) is 0. The molecule has 0 radical (unpaired) electrons. The summed E-state index contributed by atoms with van der Waals surface area (Å²) in [5.41, 5.74) is 6.86. The first kappa shape index (κ1) is 14.8. The number of nitrogens with two attached hydrogens (primary N) is 1. The molecule has 0 bridgehead atoms. The highest BCUT2D eigenvalue weighted by molar-refractivity contribution is 5.38. The van der Waals surface area contributed by atoms with Gasteiger partial charge >= 0.3 is 0 Å². The zero-order valence-corrected chi connectivity index (χ0v) is 11.9. The Morgan fingerprint density at radius 3 is 2.76 bits per heavy atom. The summed E-state index contributed by atoms with van der Waals surface area (Å²) < 4.78 is 7.12. The third kappa shape index (κ3) is 4.48. The molecule has 108 valence electrons. The number of rotatable bonds is 4. The highest BCUT2D eigenvalue weighted by Crippen LogP contribution is 2.11. The van der Waals surface area contributed by atoms with Crippen molar-refractivity contribution in [3.05, 3.63) is 58.3 Å². The Hall–Kier alpha value is -2.58. The van der Waals surface area contributed by atoms with Crippen molar-refractivity contribution in [1.29, 1.82) is 0 Å². The van der Waals surface area contributed by atoms with Gasteiger partial charge in [-0.1, -0.05) is 11.8 Å². The Kier molecular flexibility index (Phi) is 5.13. The van der Waals surface area contributed by atoms with Crippen LogP contribution in [0.4, 0.5) is 0 Å². The summed E-state index contributed by atoms with van der Waals surface area (Å²) in [5.74, 6) is 6.47. The lowest BCUT2D eigenvalue weighted by Gasteiger charge is -2.08. The Labute approximate surface area is 123 Å². The number of aromatic nitrogens is 2. The van der Waals surface area contributed by atoms with Crippen LogP contribution in [0.15, 0.2) is 41.5 Å². The first-order valence-corrected chi connectivity index (χ1v) is 6.64. The molecule has 2 aromatic rings. The number of hydrogen-bond acceptors (Lipinski definition) is 4. The van der Waals surface area contributed by atoms with Gasteiger partial charge in [0.15, 0.2) is 0 Å². The van der Waals surface area contributed by atoms with Crippen LogP contribution < -0.4 is 16.0 Å². The molecule has 5 heteroatoms. The van der Waals surface area contributed by atoms with E-state index < -0.39 is 0 Å². The fourth-order valence-corrected chi connectivity index (χ4v) is 1.73. The number of nitrogens with zero attached hydrogens (tertiary/aromatic N) is 2. The maximum absolute atomic E-state index is 11.7. The van der Waals surface area contributed by atoms with Crippen LogP contribution in [0.1, 0.15) is 11.3 Å². The number of aryl methyl sites for hydroxylation is 1. The van der Waals surface area contributed by atoms with Crippen LogP contribution in [0.5, 0.6) is 5.75 Å². The monoisotopic (exact) mass is 283 g/mol. The predicted molar refractivity (Wildman–Crippen MR) is 81.1 cm³/mol. The molecule has 21 heavy (non-hydrogen) atoms. The maximum atomic E-state index is 11.7. The zero-order chi connectivity index (χ0) is 15.1. The van der Waals surface area contributed by atoms with Gasteiger partial charge in [-0.25, -0.2) is 4.98 Å². The Balaban J connectivity index is 1.90. The standard InChI is InChI=1S/C16H17N3O2/c1-13-11-16(20)19(12-18-13)9-10-21-15-6-4-14(5-7-15)3-2-8-17/h4-7,11-12H,8-10,17H2,1H3. The van der Waals surface area contributed by atoms with Crippen molar-refractivity contribution in [2.45, 2.75) is 13.5 Å². The zero-order valence-electron chi connectivity index (χ0n) is 11.9. The van der Waals surface area contributed by atoms with Crippen molar-refractivity contribution in [2.75, 3.05) is 13.2 Å². The quantitative estimate of drug-likeness (QED) is 0.848. The van der Waals surface area contributed by atoms with Crippen molar-refractivity contribution >= 4 is 0 Å². The Morgan fingerprint density at radius 2 is 2.10 bits per heavy atom. The summed E-state index contributed by atoms with van der Waals surface area (Å²) in [6, 6.07) is 8.94. The van der Waals surface area contributed by atoms with Gasteiger partial charge in [-0.3, -0.25) is 9.36 Å². The van der Waals surface area contributed by atoms with Gasteiger partial charge in [-0.2, -0.15) is 0 Å². The van der Waals surface area contributed by atoms with Gasteiger partial charge in [-0.15, -0.1) is 0 Å². The van der Waals surface area contributed by atoms with Crippen molar-refractivity contribution in [3.63, 3.8) is 0 Å². The van der Waals surface area contributed by atoms with E-state index in [2.05, 4.69) is 16.8 Å². The van der Waals surface area contributed by atoms with E-state index in [1.807, 2.05) is 24.3 Å². The third-order valence-electron chi connectivity index (χ3n) is 2.81. The molecule has 0 unspecified atom stereocenters. The lowest BCUT2D eigenvalue weighted by Crippen LogP contribution is -2.23. The minimum atomic E-state index is -0.0708. The van der Waals surface area contributed by atoms with Crippen LogP contribution in [0.2, 0.25) is 0 Å². The summed E-state index contributed by atoms with van der Waals surface area (Å²) in [4.78, 5) is 15.8. The molecular formula is C16H17N3O2. The van der Waals surface area contributed by atoms with Crippen LogP contribution in [-0.2, 0) is 6.54 Å². The molecule has 2 N–H and O–H groups in total. The van der Waals surface area contributed by atoms with Gasteiger partial charge in [0.05, 0.1) is 19.4 Å².